The first-order valence-electron chi connectivity index (χ1n) is 8.16. The molecule has 0 aliphatic heterocycles. The molecule has 0 bridgehead atoms. The molecule has 0 radical (unpaired) electrons. The van der Waals surface area contributed by atoms with E-state index in [4.69, 9.17) is 4.74 Å². The smallest absolute Gasteiger partial charge is 0.242 e. The highest BCUT2D eigenvalue weighted by Gasteiger charge is 2.17. The van der Waals surface area contributed by atoms with Crippen molar-refractivity contribution in [2.24, 2.45) is 0 Å². The zero-order valence-electron chi connectivity index (χ0n) is 14.7. The van der Waals surface area contributed by atoms with Crippen molar-refractivity contribution in [3.8, 4) is 5.88 Å². The summed E-state index contributed by atoms with van der Waals surface area (Å²) in [5, 5.41) is 3.13. The van der Waals surface area contributed by atoms with Crippen molar-refractivity contribution in [1.82, 2.24) is 14.7 Å². The molecule has 0 saturated carbocycles. The highest BCUT2D eigenvalue weighted by molar-refractivity contribution is 7.89. The van der Waals surface area contributed by atoms with Gasteiger partial charge in [-0.05, 0) is 31.5 Å². The fourth-order valence-corrected chi connectivity index (χ4v) is 3.62. The van der Waals surface area contributed by atoms with Crippen LogP contribution in [0.3, 0.4) is 0 Å². The van der Waals surface area contributed by atoms with Gasteiger partial charge < -0.3 is 10.1 Å². The van der Waals surface area contributed by atoms with Crippen LogP contribution in [0.1, 0.15) is 32.3 Å². The number of nitrogens with zero attached hydrogens (tertiary/aromatic N) is 2. The van der Waals surface area contributed by atoms with Gasteiger partial charge in [0.15, 0.2) is 0 Å². The molecule has 2 aromatic heterocycles. The van der Waals surface area contributed by atoms with E-state index in [9.17, 15) is 8.42 Å². The molecule has 0 aliphatic rings. The summed E-state index contributed by atoms with van der Waals surface area (Å²) in [6.07, 6.45) is 4.72. The molecule has 1 atom stereocenters. The summed E-state index contributed by atoms with van der Waals surface area (Å²) >= 11 is 0. The van der Waals surface area contributed by atoms with Gasteiger partial charge in [-0.15, -0.1) is 0 Å². The van der Waals surface area contributed by atoms with Crippen molar-refractivity contribution in [2.45, 2.75) is 44.2 Å². The predicted molar refractivity (Wildman–Crippen MR) is 97.0 cm³/mol. The number of hydrogen-bond acceptors (Lipinski definition) is 6. The van der Waals surface area contributed by atoms with E-state index in [1.807, 2.05) is 26.0 Å². The Kier molecular flexibility index (Phi) is 6.72. The van der Waals surface area contributed by atoms with E-state index >= 15 is 0 Å². The number of anilines is 1. The molecule has 1 unspecified atom stereocenters. The zero-order valence-corrected chi connectivity index (χ0v) is 15.5. The van der Waals surface area contributed by atoms with Crippen LogP contribution in [0.15, 0.2) is 41.6 Å². The van der Waals surface area contributed by atoms with E-state index < -0.39 is 10.0 Å². The van der Waals surface area contributed by atoms with E-state index in [-0.39, 0.29) is 10.9 Å². The number of rotatable bonds is 9. The molecule has 2 aromatic rings. The lowest BCUT2D eigenvalue weighted by Crippen LogP contribution is -2.32. The van der Waals surface area contributed by atoms with Gasteiger partial charge in [0.05, 0.1) is 7.11 Å². The molecule has 0 aliphatic carbocycles. The van der Waals surface area contributed by atoms with E-state index in [1.54, 1.807) is 19.4 Å². The highest BCUT2D eigenvalue weighted by Crippen LogP contribution is 2.16. The molecule has 136 valence electrons. The largest absolute Gasteiger partial charge is 0.481 e. The predicted octanol–water partition coefficient (Wildman–Crippen LogP) is 2.56. The minimum Gasteiger partial charge on any atom is -0.481 e. The Labute approximate surface area is 148 Å². The van der Waals surface area contributed by atoms with Crippen LogP contribution in [0.25, 0.3) is 0 Å². The quantitative estimate of drug-likeness (QED) is 0.710. The van der Waals surface area contributed by atoms with Gasteiger partial charge in [-0.2, -0.15) is 0 Å². The number of pyridine rings is 2. The van der Waals surface area contributed by atoms with Gasteiger partial charge in [0.2, 0.25) is 15.9 Å². The number of methoxy groups -OCH3 is 1. The molecule has 0 amide bonds. The van der Waals surface area contributed by atoms with Gasteiger partial charge >= 0.3 is 0 Å². The van der Waals surface area contributed by atoms with E-state index in [0.717, 1.165) is 18.4 Å². The second-order valence-electron chi connectivity index (χ2n) is 5.72. The molecular formula is C17H24N4O3S. The fourth-order valence-electron chi connectivity index (χ4n) is 2.40. The SMILES string of the molecule is CCCC(C)NS(=O)(=O)c1ccc(NCc2cccnc2OC)nc1. The average molecular weight is 364 g/mol. The number of ether oxygens (including phenoxy) is 1. The topological polar surface area (TPSA) is 93.2 Å². The van der Waals surface area contributed by atoms with Gasteiger partial charge in [0, 0.05) is 30.5 Å². The maximum atomic E-state index is 12.3. The summed E-state index contributed by atoms with van der Waals surface area (Å²) < 4.78 is 32.4. The average Bonchev–Trinajstić information content (AvgIpc) is 2.60. The normalized spacial score (nSPS) is 12.6. The summed E-state index contributed by atoms with van der Waals surface area (Å²) in [6, 6.07) is 6.80. The molecule has 0 aromatic carbocycles. The Morgan fingerprint density at radius 3 is 2.68 bits per heavy atom. The standard InChI is InChI=1S/C17H24N4O3S/c1-4-6-13(2)21-25(22,23)15-8-9-16(20-12-15)19-11-14-7-5-10-18-17(14)24-3/h5,7-10,12-13,21H,4,6,11H2,1-3H3,(H,19,20). The van der Waals surface area contributed by atoms with Crippen molar-refractivity contribution in [3.05, 3.63) is 42.2 Å². The van der Waals surface area contributed by atoms with Gasteiger partial charge in [0.25, 0.3) is 0 Å². The summed E-state index contributed by atoms with van der Waals surface area (Å²) in [4.78, 5) is 8.46. The third-order valence-electron chi connectivity index (χ3n) is 3.63. The Hall–Kier alpha value is -2.19. The lowest BCUT2D eigenvalue weighted by molar-refractivity contribution is 0.393. The molecular weight excluding hydrogens is 340 g/mol. The number of sulfonamides is 1. The van der Waals surface area contributed by atoms with Crippen LogP contribution >= 0.6 is 0 Å². The summed E-state index contributed by atoms with van der Waals surface area (Å²) in [5.74, 6) is 1.12. The first-order valence-corrected chi connectivity index (χ1v) is 9.64. The Morgan fingerprint density at radius 1 is 1.24 bits per heavy atom. The van der Waals surface area contributed by atoms with Crippen LogP contribution in [0, 0.1) is 0 Å². The van der Waals surface area contributed by atoms with E-state index in [0.29, 0.717) is 18.2 Å². The highest BCUT2D eigenvalue weighted by atomic mass is 32.2. The van der Waals surface area contributed by atoms with Crippen molar-refractivity contribution in [3.63, 3.8) is 0 Å². The van der Waals surface area contributed by atoms with Gasteiger partial charge in [-0.25, -0.2) is 23.1 Å². The number of nitrogens with one attached hydrogen (secondary N) is 2. The van der Waals surface area contributed by atoms with Gasteiger partial charge in [0.1, 0.15) is 10.7 Å². The monoisotopic (exact) mass is 364 g/mol. The molecule has 7 nitrogen and oxygen atoms in total. The summed E-state index contributed by atoms with van der Waals surface area (Å²) in [7, 11) is -1.98. The molecule has 8 heteroatoms. The first kappa shape index (κ1) is 19.1. The Balaban J connectivity index is 2.02. The maximum Gasteiger partial charge on any atom is 0.242 e. The third kappa shape index (κ3) is 5.40. The summed E-state index contributed by atoms with van der Waals surface area (Å²) in [6.45, 7) is 4.34. The lowest BCUT2D eigenvalue weighted by atomic mass is 10.2. The second-order valence-corrected chi connectivity index (χ2v) is 7.43. The molecule has 0 fully saturated rings. The lowest BCUT2D eigenvalue weighted by Gasteiger charge is -2.13. The van der Waals surface area contributed by atoms with Crippen LogP contribution in [0.4, 0.5) is 5.82 Å². The second kappa shape index (κ2) is 8.77. The van der Waals surface area contributed by atoms with Crippen LogP contribution in [0.5, 0.6) is 5.88 Å². The number of aromatic nitrogens is 2. The van der Waals surface area contributed by atoms with Crippen molar-refractivity contribution in [2.75, 3.05) is 12.4 Å². The van der Waals surface area contributed by atoms with Crippen LogP contribution in [-0.2, 0) is 16.6 Å². The molecule has 2 N–H and O–H groups in total. The van der Waals surface area contributed by atoms with Gasteiger partial charge in [-0.1, -0.05) is 19.4 Å². The zero-order chi connectivity index (χ0) is 18.3. The van der Waals surface area contributed by atoms with Crippen molar-refractivity contribution >= 4 is 15.8 Å². The fraction of sp³-hybridized carbons (Fsp3) is 0.412. The third-order valence-corrected chi connectivity index (χ3v) is 5.20. The maximum absolute atomic E-state index is 12.3. The number of hydrogen-bond donors (Lipinski definition) is 2. The molecule has 2 rings (SSSR count). The van der Waals surface area contributed by atoms with Crippen molar-refractivity contribution in [1.29, 1.82) is 0 Å². The summed E-state index contributed by atoms with van der Waals surface area (Å²) in [5.41, 5.74) is 0.888. The van der Waals surface area contributed by atoms with E-state index in [1.165, 1.54) is 12.3 Å². The first-order chi connectivity index (χ1) is 12.0. The minimum atomic E-state index is -3.55. The molecule has 25 heavy (non-hydrogen) atoms. The van der Waals surface area contributed by atoms with Gasteiger partial charge in [-0.3, -0.25) is 0 Å². The van der Waals surface area contributed by atoms with Crippen LogP contribution in [-0.4, -0.2) is 31.5 Å². The minimum absolute atomic E-state index is 0.106. The molecule has 2 heterocycles. The Bertz CT molecular complexity index is 779. The van der Waals surface area contributed by atoms with E-state index in [2.05, 4.69) is 20.0 Å². The van der Waals surface area contributed by atoms with Crippen molar-refractivity contribution < 1.29 is 13.2 Å². The molecule has 0 spiro atoms. The molecule has 0 saturated heterocycles. The van der Waals surface area contributed by atoms with Crippen LogP contribution in [0.2, 0.25) is 0 Å². The van der Waals surface area contributed by atoms with Crippen LogP contribution < -0.4 is 14.8 Å². The Morgan fingerprint density at radius 2 is 2.04 bits per heavy atom.